The van der Waals surface area contributed by atoms with Gasteiger partial charge in [0.25, 0.3) is 0 Å². The van der Waals surface area contributed by atoms with E-state index in [9.17, 15) is 4.79 Å². The Bertz CT molecular complexity index is 836. The summed E-state index contributed by atoms with van der Waals surface area (Å²) in [5, 5.41) is 8.41. The van der Waals surface area contributed by atoms with Gasteiger partial charge >= 0.3 is 0 Å². The molecule has 2 unspecified atom stereocenters. The molecule has 1 aromatic heterocycles. The Hall–Kier alpha value is -1.85. The molecule has 0 saturated carbocycles. The van der Waals surface area contributed by atoms with Crippen LogP contribution in [0, 0.1) is 25.7 Å². The molecule has 1 N–H and O–H groups in total. The van der Waals surface area contributed by atoms with Crippen LogP contribution in [0.15, 0.2) is 24.3 Å². The van der Waals surface area contributed by atoms with Gasteiger partial charge in [0.2, 0.25) is 5.91 Å². The minimum Gasteiger partial charge on any atom is -0.356 e. The number of carbonyl (C=O) groups is 1. The molecule has 1 amide bonds. The van der Waals surface area contributed by atoms with E-state index in [2.05, 4.69) is 29.2 Å². The smallest absolute Gasteiger partial charge is 0.224 e. The lowest BCUT2D eigenvalue weighted by Crippen LogP contribution is -2.39. The maximum atomic E-state index is 12.5. The van der Waals surface area contributed by atoms with Gasteiger partial charge in [-0.25, -0.2) is 4.68 Å². The van der Waals surface area contributed by atoms with E-state index in [4.69, 9.17) is 11.6 Å². The first kappa shape index (κ1) is 22.8. The number of rotatable bonds is 8. The van der Waals surface area contributed by atoms with Crippen molar-refractivity contribution in [3.63, 3.8) is 0 Å². The molecule has 30 heavy (non-hydrogen) atoms. The van der Waals surface area contributed by atoms with Crippen LogP contribution in [0.1, 0.15) is 50.1 Å². The first-order valence-electron chi connectivity index (χ1n) is 11.1. The van der Waals surface area contributed by atoms with Crippen LogP contribution >= 0.6 is 11.6 Å². The van der Waals surface area contributed by atoms with E-state index >= 15 is 0 Å². The zero-order chi connectivity index (χ0) is 21.7. The average Bonchev–Trinajstić information content (AvgIpc) is 2.96. The lowest BCUT2D eigenvalue weighted by Gasteiger charge is -2.34. The number of piperidine rings is 1. The van der Waals surface area contributed by atoms with Crippen LogP contribution in [0.5, 0.6) is 0 Å². The Labute approximate surface area is 185 Å². The number of halogens is 1. The van der Waals surface area contributed by atoms with Gasteiger partial charge in [-0.2, -0.15) is 5.10 Å². The van der Waals surface area contributed by atoms with Crippen molar-refractivity contribution in [3.8, 4) is 5.69 Å². The van der Waals surface area contributed by atoms with Gasteiger partial charge < -0.3 is 10.2 Å². The Kier molecular flexibility index (Phi) is 7.95. The molecule has 0 aliphatic carbocycles. The van der Waals surface area contributed by atoms with Crippen LogP contribution in [-0.4, -0.2) is 46.8 Å². The van der Waals surface area contributed by atoms with Gasteiger partial charge in [0.05, 0.1) is 17.8 Å². The van der Waals surface area contributed by atoms with E-state index < -0.39 is 0 Å². The molecule has 3 rings (SSSR count). The molecule has 0 spiro atoms. The third kappa shape index (κ3) is 6.08. The topological polar surface area (TPSA) is 50.2 Å². The maximum Gasteiger partial charge on any atom is 0.224 e. The highest BCUT2D eigenvalue weighted by atomic mass is 35.5. The molecule has 6 heteroatoms. The van der Waals surface area contributed by atoms with Crippen LogP contribution in [0.3, 0.4) is 0 Å². The Morgan fingerprint density at radius 2 is 1.80 bits per heavy atom. The van der Waals surface area contributed by atoms with Crippen molar-refractivity contribution in [2.45, 2.75) is 53.4 Å². The number of aromatic nitrogens is 2. The number of aryl methyl sites for hydroxylation is 1. The Morgan fingerprint density at radius 3 is 2.47 bits per heavy atom. The van der Waals surface area contributed by atoms with Crippen LogP contribution in [0.25, 0.3) is 5.69 Å². The van der Waals surface area contributed by atoms with Crippen molar-refractivity contribution >= 4 is 17.5 Å². The van der Waals surface area contributed by atoms with Crippen LogP contribution in [0.4, 0.5) is 0 Å². The largest absolute Gasteiger partial charge is 0.356 e. The van der Waals surface area contributed by atoms with Gasteiger partial charge in [-0.15, -0.1) is 0 Å². The molecule has 0 radical (unpaired) electrons. The van der Waals surface area contributed by atoms with E-state index in [1.54, 1.807) is 0 Å². The second-order valence-corrected chi connectivity index (χ2v) is 9.41. The minimum atomic E-state index is 0.0667. The van der Waals surface area contributed by atoms with Gasteiger partial charge in [0, 0.05) is 35.9 Å². The standard InChI is InChI=1S/C24H35ClN4O/c1-17-13-18(2)16-28(15-17)12-6-5-11-26-24(30)14-23-19(3)27-29(20(23)4)22-9-7-21(25)8-10-22/h7-10,17-18H,5-6,11-16H2,1-4H3,(H,26,30). The van der Waals surface area contributed by atoms with Gasteiger partial charge in [0.1, 0.15) is 0 Å². The fraction of sp³-hybridized carbons (Fsp3) is 0.583. The molecule has 1 aliphatic heterocycles. The highest BCUT2D eigenvalue weighted by molar-refractivity contribution is 6.30. The molecule has 0 bridgehead atoms. The summed E-state index contributed by atoms with van der Waals surface area (Å²) in [5.74, 6) is 1.67. The van der Waals surface area contributed by atoms with Crippen molar-refractivity contribution in [2.24, 2.45) is 11.8 Å². The molecule has 5 nitrogen and oxygen atoms in total. The van der Waals surface area contributed by atoms with E-state index in [-0.39, 0.29) is 5.91 Å². The SMILES string of the molecule is Cc1nn(-c2ccc(Cl)cc2)c(C)c1CC(=O)NCCCCN1CC(C)CC(C)C1. The minimum absolute atomic E-state index is 0.0667. The van der Waals surface area contributed by atoms with Gasteiger partial charge in [-0.1, -0.05) is 25.4 Å². The van der Waals surface area contributed by atoms with E-state index in [1.165, 1.54) is 19.5 Å². The summed E-state index contributed by atoms with van der Waals surface area (Å²) in [6.45, 7) is 13.0. The lowest BCUT2D eigenvalue weighted by molar-refractivity contribution is -0.120. The molecule has 2 heterocycles. The summed E-state index contributed by atoms with van der Waals surface area (Å²) >= 11 is 5.99. The number of likely N-dealkylation sites (tertiary alicyclic amines) is 1. The predicted molar refractivity (Wildman–Crippen MR) is 123 cm³/mol. The number of nitrogens with one attached hydrogen (secondary N) is 1. The second-order valence-electron chi connectivity index (χ2n) is 8.98. The van der Waals surface area contributed by atoms with Crippen molar-refractivity contribution in [3.05, 3.63) is 46.2 Å². The zero-order valence-corrected chi connectivity index (χ0v) is 19.5. The third-order valence-electron chi connectivity index (χ3n) is 6.02. The molecule has 1 aliphatic rings. The molecule has 1 aromatic carbocycles. The summed E-state index contributed by atoms with van der Waals surface area (Å²) < 4.78 is 1.88. The molecule has 1 saturated heterocycles. The van der Waals surface area contributed by atoms with Gasteiger partial charge in [-0.05, 0) is 75.8 Å². The highest BCUT2D eigenvalue weighted by Crippen LogP contribution is 2.21. The summed E-state index contributed by atoms with van der Waals surface area (Å²) in [6.07, 6.45) is 3.87. The quantitative estimate of drug-likeness (QED) is 0.624. The van der Waals surface area contributed by atoms with Crippen molar-refractivity contribution in [2.75, 3.05) is 26.2 Å². The fourth-order valence-corrected chi connectivity index (χ4v) is 4.78. The Balaban J connectivity index is 1.44. The van der Waals surface area contributed by atoms with E-state index in [0.717, 1.165) is 60.4 Å². The van der Waals surface area contributed by atoms with Gasteiger partial charge in [0.15, 0.2) is 0 Å². The number of hydrogen-bond donors (Lipinski definition) is 1. The normalized spacial score (nSPS) is 19.8. The molecular formula is C24H35ClN4O. The van der Waals surface area contributed by atoms with Crippen molar-refractivity contribution in [1.29, 1.82) is 0 Å². The summed E-state index contributed by atoms with van der Waals surface area (Å²) in [4.78, 5) is 15.1. The first-order chi connectivity index (χ1) is 14.3. The second kappa shape index (κ2) is 10.5. The number of hydrogen-bond acceptors (Lipinski definition) is 3. The summed E-state index contributed by atoms with van der Waals surface area (Å²) in [7, 11) is 0. The van der Waals surface area contributed by atoms with E-state index in [0.29, 0.717) is 11.4 Å². The fourth-order valence-electron chi connectivity index (χ4n) is 4.65. The molecule has 1 fully saturated rings. The van der Waals surface area contributed by atoms with Crippen LogP contribution in [-0.2, 0) is 11.2 Å². The number of nitrogens with zero attached hydrogens (tertiary/aromatic N) is 3. The van der Waals surface area contributed by atoms with E-state index in [1.807, 2.05) is 42.8 Å². The van der Waals surface area contributed by atoms with Crippen LogP contribution in [0.2, 0.25) is 5.02 Å². The van der Waals surface area contributed by atoms with Gasteiger partial charge in [-0.3, -0.25) is 4.79 Å². The zero-order valence-electron chi connectivity index (χ0n) is 18.7. The first-order valence-corrected chi connectivity index (χ1v) is 11.5. The number of benzene rings is 1. The van der Waals surface area contributed by atoms with Crippen molar-refractivity contribution < 1.29 is 4.79 Å². The maximum absolute atomic E-state index is 12.5. The predicted octanol–water partition coefficient (Wildman–Crippen LogP) is 4.56. The highest BCUT2D eigenvalue weighted by Gasteiger charge is 2.21. The molecule has 2 aromatic rings. The number of unbranched alkanes of at least 4 members (excludes halogenated alkanes) is 1. The van der Waals surface area contributed by atoms with Crippen molar-refractivity contribution in [1.82, 2.24) is 20.0 Å². The number of amides is 1. The molecule has 2 atom stereocenters. The monoisotopic (exact) mass is 430 g/mol. The molecular weight excluding hydrogens is 396 g/mol. The Morgan fingerprint density at radius 1 is 1.13 bits per heavy atom. The third-order valence-corrected chi connectivity index (χ3v) is 6.27. The van der Waals surface area contributed by atoms with Crippen LogP contribution < -0.4 is 5.32 Å². The number of carbonyl (C=O) groups excluding carboxylic acids is 1. The molecule has 164 valence electrons. The summed E-state index contributed by atoms with van der Waals surface area (Å²) in [6, 6.07) is 7.58. The summed E-state index contributed by atoms with van der Waals surface area (Å²) in [5.41, 5.74) is 3.84. The average molecular weight is 431 g/mol. The lowest BCUT2D eigenvalue weighted by atomic mass is 9.92.